The average molecular weight is 717 g/mol. The Morgan fingerprint density at radius 1 is 0.473 bits per heavy atom. The van der Waals surface area contributed by atoms with Gasteiger partial charge in [-0.2, -0.15) is 0 Å². The molecule has 0 spiro atoms. The Balaban J connectivity index is 1.16. The van der Waals surface area contributed by atoms with E-state index in [1.54, 1.807) is 0 Å². The molecule has 1 aromatic heterocycles. The van der Waals surface area contributed by atoms with Gasteiger partial charge in [0.25, 0.3) is 0 Å². The minimum atomic E-state index is -0.441. The monoisotopic (exact) mass is 716 g/mol. The van der Waals surface area contributed by atoms with Gasteiger partial charge in [-0.05, 0) is 141 Å². The Morgan fingerprint density at radius 3 is 1.75 bits per heavy atom. The van der Waals surface area contributed by atoms with E-state index in [9.17, 15) is 0 Å². The molecule has 270 valence electrons. The Bertz CT molecular complexity index is 2660. The zero-order chi connectivity index (χ0) is 37.9. The summed E-state index contributed by atoms with van der Waals surface area (Å²) in [5.74, 6) is 0. The van der Waals surface area contributed by atoms with Crippen molar-refractivity contribution in [3.63, 3.8) is 0 Å². The second-order valence-electron chi connectivity index (χ2n) is 15.8. The van der Waals surface area contributed by atoms with Crippen molar-refractivity contribution in [2.45, 2.75) is 52.7 Å². The average Bonchev–Trinajstić information content (AvgIpc) is 3.64. The van der Waals surface area contributed by atoms with Gasteiger partial charge in [-0.25, -0.2) is 0 Å². The lowest BCUT2D eigenvalue weighted by Crippen LogP contribution is -2.41. The summed E-state index contributed by atoms with van der Waals surface area (Å²) < 4.78 is 15.3. The highest BCUT2D eigenvalue weighted by molar-refractivity contribution is 6.62. The molecule has 55 heavy (non-hydrogen) atoms. The lowest BCUT2D eigenvalue weighted by molar-refractivity contribution is 0.00578. The van der Waals surface area contributed by atoms with Gasteiger partial charge in [-0.15, -0.1) is 0 Å². The molecule has 1 saturated heterocycles. The van der Waals surface area contributed by atoms with Gasteiger partial charge in [0, 0.05) is 33.5 Å². The molecule has 7 aromatic carbocycles. The maximum absolute atomic E-state index is 6.49. The van der Waals surface area contributed by atoms with Crippen LogP contribution in [0.3, 0.4) is 0 Å². The summed E-state index contributed by atoms with van der Waals surface area (Å²) in [6.07, 6.45) is 0. The van der Waals surface area contributed by atoms with E-state index in [0.29, 0.717) is 0 Å². The molecule has 0 radical (unpaired) electrons. The Kier molecular flexibility index (Phi) is 8.53. The molecule has 0 aliphatic carbocycles. The zero-order valence-corrected chi connectivity index (χ0v) is 32.4. The second kappa shape index (κ2) is 13.5. The van der Waals surface area contributed by atoms with Crippen LogP contribution in [0.15, 0.2) is 164 Å². The van der Waals surface area contributed by atoms with Gasteiger partial charge in [0.15, 0.2) is 0 Å². The summed E-state index contributed by atoms with van der Waals surface area (Å²) >= 11 is 0. The van der Waals surface area contributed by atoms with Crippen molar-refractivity contribution < 1.29 is 9.31 Å². The van der Waals surface area contributed by atoms with Crippen LogP contribution < -0.4 is 10.4 Å². The summed E-state index contributed by atoms with van der Waals surface area (Å²) in [5, 5.41) is 2.41. The quantitative estimate of drug-likeness (QED) is 0.154. The predicted molar refractivity (Wildman–Crippen MR) is 232 cm³/mol. The lowest BCUT2D eigenvalue weighted by Gasteiger charge is -2.32. The first-order chi connectivity index (χ1) is 26.6. The van der Waals surface area contributed by atoms with E-state index in [4.69, 9.17) is 9.31 Å². The third kappa shape index (κ3) is 6.14. The van der Waals surface area contributed by atoms with Gasteiger partial charge in [0.05, 0.1) is 22.2 Å². The molecule has 2 heterocycles. The highest BCUT2D eigenvalue weighted by atomic mass is 16.7. The number of para-hydroxylation sites is 1. The van der Waals surface area contributed by atoms with E-state index >= 15 is 0 Å². The number of aromatic nitrogens is 1. The van der Waals surface area contributed by atoms with Gasteiger partial charge in [-0.3, -0.25) is 0 Å². The molecule has 8 aromatic rings. The number of fused-ring (bicyclic) bond motifs is 3. The molecule has 1 aliphatic heterocycles. The number of nitrogens with zero attached hydrogens (tertiary/aromatic N) is 2. The Morgan fingerprint density at radius 2 is 1.04 bits per heavy atom. The van der Waals surface area contributed by atoms with E-state index < -0.39 is 18.3 Å². The summed E-state index contributed by atoms with van der Waals surface area (Å²) in [6.45, 7) is 12.8. The van der Waals surface area contributed by atoms with Crippen LogP contribution in [0.2, 0.25) is 0 Å². The van der Waals surface area contributed by atoms with Gasteiger partial charge in [-0.1, -0.05) is 103 Å². The molecule has 0 N–H and O–H groups in total. The normalized spacial score (nSPS) is 14.8. The summed E-state index contributed by atoms with van der Waals surface area (Å²) in [4.78, 5) is 2.36. The molecule has 0 saturated carbocycles. The minimum absolute atomic E-state index is 0.416. The van der Waals surface area contributed by atoms with Crippen LogP contribution in [0.25, 0.3) is 49.7 Å². The molecule has 1 fully saturated rings. The number of benzene rings is 7. The Labute approximate surface area is 324 Å². The zero-order valence-electron chi connectivity index (χ0n) is 32.4. The first-order valence-corrected chi connectivity index (χ1v) is 19.2. The standard InChI is InChI=1S/C50H45BN2O2/c1-34-14-10-11-17-43(34)46-33-42(24-20-35(46)2)52(39-25-21-37(22-26-39)36-15-8-7-9-16-36)40-27-29-41(30-28-40)53-47-19-13-12-18-44(47)45-31-23-38(32-48(45)53)51-54-49(3,4)50(5,6)55-51/h7-33H,1-6H3. The van der Waals surface area contributed by atoms with Crippen LogP contribution in [-0.4, -0.2) is 22.9 Å². The third-order valence-electron chi connectivity index (χ3n) is 11.7. The van der Waals surface area contributed by atoms with Gasteiger partial charge in [0.2, 0.25) is 0 Å². The summed E-state index contributed by atoms with van der Waals surface area (Å²) in [5.41, 5.74) is 14.2. The maximum atomic E-state index is 6.49. The van der Waals surface area contributed by atoms with Crippen LogP contribution in [0.5, 0.6) is 0 Å². The third-order valence-corrected chi connectivity index (χ3v) is 11.7. The van der Waals surface area contributed by atoms with Crippen molar-refractivity contribution >= 4 is 51.4 Å². The fourth-order valence-corrected chi connectivity index (χ4v) is 7.94. The molecule has 0 amide bonds. The topological polar surface area (TPSA) is 26.6 Å². The van der Waals surface area contributed by atoms with Crippen molar-refractivity contribution in [3.8, 4) is 27.9 Å². The summed E-state index contributed by atoms with van der Waals surface area (Å²) in [6, 6.07) is 59.1. The van der Waals surface area contributed by atoms with Crippen molar-refractivity contribution in [2.24, 2.45) is 0 Å². The number of rotatable bonds is 7. The van der Waals surface area contributed by atoms with Gasteiger partial charge in [0.1, 0.15) is 0 Å². The predicted octanol–water partition coefficient (Wildman–Crippen LogP) is 12.5. The lowest BCUT2D eigenvalue weighted by atomic mass is 9.79. The van der Waals surface area contributed by atoms with Gasteiger partial charge < -0.3 is 18.8 Å². The van der Waals surface area contributed by atoms with Crippen molar-refractivity contribution in [1.82, 2.24) is 4.57 Å². The van der Waals surface area contributed by atoms with E-state index in [0.717, 1.165) is 39.2 Å². The molecule has 0 atom stereocenters. The SMILES string of the molecule is Cc1ccccc1-c1cc(N(c2ccc(-c3ccccc3)cc2)c2ccc(-n3c4ccccc4c4ccc(B5OC(C)(C)C(C)(C)O5)cc43)cc2)ccc1C. The van der Waals surface area contributed by atoms with Crippen LogP contribution in [0.4, 0.5) is 17.1 Å². The van der Waals surface area contributed by atoms with E-state index in [1.807, 2.05) is 0 Å². The smallest absolute Gasteiger partial charge is 0.399 e. The molecule has 0 unspecified atom stereocenters. The maximum Gasteiger partial charge on any atom is 0.494 e. The van der Waals surface area contributed by atoms with Crippen LogP contribution in [-0.2, 0) is 9.31 Å². The van der Waals surface area contributed by atoms with Crippen LogP contribution >= 0.6 is 0 Å². The molecule has 4 nitrogen and oxygen atoms in total. The Hall–Kier alpha value is -5.88. The molecule has 9 rings (SSSR count). The largest absolute Gasteiger partial charge is 0.494 e. The number of anilines is 3. The number of aryl methyl sites for hydroxylation is 2. The fourth-order valence-electron chi connectivity index (χ4n) is 7.94. The van der Waals surface area contributed by atoms with E-state index in [1.165, 1.54) is 44.2 Å². The molecular weight excluding hydrogens is 671 g/mol. The molecule has 1 aliphatic rings. The second-order valence-corrected chi connectivity index (χ2v) is 15.8. The van der Waals surface area contributed by atoms with Crippen LogP contribution in [0.1, 0.15) is 38.8 Å². The van der Waals surface area contributed by atoms with Crippen molar-refractivity contribution in [1.29, 1.82) is 0 Å². The fraction of sp³-hybridized carbons (Fsp3) is 0.160. The van der Waals surface area contributed by atoms with Crippen molar-refractivity contribution in [3.05, 3.63) is 175 Å². The van der Waals surface area contributed by atoms with E-state index in [-0.39, 0.29) is 0 Å². The summed E-state index contributed by atoms with van der Waals surface area (Å²) in [7, 11) is -0.441. The molecular formula is C50H45BN2O2. The highest BCUT2D eigenvalue weighted by Gasteiger charge is 2.51. The molecule has 0 bridgehead atoms. The van der Waals surface area contributed by atoms with Gasteiger partial charge >= 0.3 is 7.12 Å². The highest BCUT2D eigenvalue weighted by Crippen LogP contribution is 2.41. The van der Waals surface area contributed by atoms with E-state index in [2.05, 4.69) is 215 Å². The molecule has 5 heteroatoms. The van der Waals surface area contributed by atoms with Crippen LogP contribution in [0, 0.1) is 13.8 Å². The minimum Gasteiger partial charge on any atom is -0.399 e. The number of hydrogen-bond acceptors (Lipinski definition) is 3. The van der Waals surface area contributed by atoms with Crippen molar-refractivity contribution in [2.75, 3.05) is 4.90 Å². The first kappa shape index (κ1) is 34.9. The first-order valence-electron chi connectivity index (χ1n) is 19.2. The number of hydrogen-bond donors (Lipinski definition) is 0.